The summed E-state index contributed by atoms with van der Waals surface area (Å²) in [6.07, 6.45) is 0. The van der Waals surface area contributed by atoms with Gasteiger partial charge in [0.15, 0.2) is 5.65 Å². The predicted molar refractivity (Wildman–Crippen MR) is 113 cm³/mol. The Labute approximate surface area is 176 Å². The molecule has 30 heavy (non-hydrogen) atoms. The van der Waals surface area contributed by atoms with Gasteiger partial charge in [-0.05, 0) is 44.2 Å². The van der Waals surface area contributed by atoms with Crippen LogP contribution in [0.2, 0.25) is 5.02 Å². The quantitative estimate of drug-likeness (QED) is 0.514. The lowest BCUT2D eigenvalue weighted by Gasteiger charge is -2.13. The number of rotatable bonds is 5. The second kappa shape index (κ2) is 8.04. The van der Waals surface area contributed by atoms with E-state index < -0.39 is 0 Å². The summed E-state index contributed by atoms with van der Waals surface area (Å²) in [4.78, 5) is 29.2. The van der Waals surface area contributed by atoms with Crippen LogP contribution in [0.15, 0.2) is 63.9 Å². The maximum absolute atomic E-state index is 12.6. The zero-order valence-corrected chi connectivity index (χ0v) is 17.1. The number of aryl methyl sites for hydroxylation is 2. The minimum atomic E-state index is -0.337. The van der Waals surface area contributed by atoms with Gasteiger partial charge in [-0.1, -0.05) is 29.3 Å². The van der Waals surface area contributed by atoms with Gasteiger partial charge in [0, 0.05) is 22.7 Å². The zero-order valence-electron chi connectivity index (χ0n) is 16.3. The van der Waals surface area contributed by atoms with E-state index in [-0.39, 0.29) is 18.1 Å². The molecule has 0 saturated heterocycles. The van der Waals surface area contributed by atoms with E-state index in [1.54, 1.807) is 43.3 Å². The zero-order chi connectivity index (χ0) is 21.3. The molecular weight excluding hydrogens is 406 g/mol. The SMILES string of the molecule is Cc1cccc(C(=O)Nc2cc(Cl)ccc2OCc2cc(=O)n3oc(C)cc3n2)c1. The average Bonchev–Trinajstić information content (AvgIpc) is 3.08. The van der Waals surface area contributed by atoms with Crippen LogP contribution in [0.1, 0.15) is 27.4 Å². The number of nitrogens with one attached hydrogen (secondary N) is 1. The Bertz CT molecular complexity index is 1310. The molecule has 0 aliphatic carbocycles. The van der Waals surface area contributed by atoms with Gasteiger partial charge in [0.05, 0.1) is 11.4 Å². The summed E-state index contributed by atoms with van der Waals surface area (Å²) < 4.78 is 12.2. The first-order valence-corrected chi connectivity index (χ1v) is 9.57. The smallest absolute Gasteiger partial charge is 0.287 e. The molecular formula is C22H18ClN3O4. The van der Waals surface area contributed by atoms with Crippen LogP contribution in [0, 0.1) is 13.8 Å². The largest absolute Gasteiger partial charge is 0.485 e. The number of fused-ring (bicyclic) bond motifs is 1. The minimum Gasteiger partial charge on any atom is -0.485 e. The van der Waals surface area contributed by atoms with Crippen molar-refractivity contribution >= 4 is 28.8 Å². The first-order valence-electron chi connectivity index (χ1n) is 9.19. The third-order valence-electron chi connectivity index (χ3n) is 4.37. The average molecular weight is 424 g/mol. The van der Waals surface area contributed by atoms with Gasteiger partial charge in [0.2, 0.25) is 0 Å². The lowest BCUT2D eigenvalue weighted by molar-refractivity contribution is 0.102. The number of halogens is 1. The summed E-state index contributed by atoms with van der Waals surface area (Å²) in [7, 11) is 0. The monoisotopic (exact) mass is 423 g/mol. The van der Waals surface area contributed by atoms with Crippen LogP contribution in [-0.4, -0.2) is 15.5 Å². The van der Waals surface area contributed by atoms with Crippen LogP contribution < -0.4 is 15.6 Å². The molecule has 4 aromatic rings. The number of carbonyl (C=O) groups is 1. The predicted octanol–water partition coefficient (Wildman–Crippen LogP) is 4.39. The van der Waals surface area contributed by atoms with Crippen molar-refractivity contribution in [2.24, 2.45) is 0 Å². The summed E-state index contributed by atoms with van der Waals surface area (Å²) in [6.45, 7) is 3.69. The van der Waals surface area contributed by atoms with E-state index in [9.17, 15) is 9.59 Å². The summed E-state index contributed by atoms with van der Waals surface area (Å²) in [6, 6.07) is 15.2. The fraction of sp³-hybridized carbons (Fsp3) is 0.136. The number of nitrogens with zero attached hydrogens (tertiary/aromatic N) is 2. The Morgan fingerprint density at radius 2 is 2.00 bits per heavy atom. The molecule has 0 atom stereocenters. The van der Waals surface area contributed by atoms with E-state index in [4.69, 9.17) is 20.9 Å². The van der Waals surface area contributed by atoms with Crippen LogP contribution >= 0.6 is 11.6 Å². The van der Waals surface area contributed by atoms with Gasteiger partial charge in [-0.15, -0.1) is 4.57 Å². The number of ether oxygens (including phenoxy) is 1. The molecule has 0 spiro atoms. The molecule has 2 aromatic heterocycles. The molecule has 8 heteroatoms. The number of anilines is 1. The van der Waals surface area contributed by atoms with Crippen molar-refractivity contribution in [1.82, 2.24) is 9.56 Å². The van der Waals surface area contributed by atoms with E-state index >= 15 is 0 Å². The molecule has 0 aliphatic rings. The first kappa shape index (κ1) is 19.7. The molecule has 1 amide bonds. The Morgan fingerprint density at radius 1 is 1.17 bits per heavy atom. The highest BCUT2D eigenvalue weighted by molar-refractivity contribution is 6.31. The fourth-order valence-electron chi connectivity index (χ4n) is 3.01. The van der Waals surface area contributed by atoms with Gasteiger partial charge in [-0.25, -0.2) is 4.98 Å². The van der Waals surface area contributed by atoms with Crippen molar-refractivity contribution in [1.29, 1.82) is 0 Å². The van der Waals surface area contributed by atoms with Crippen LogP contribution in [0.4, 0.5) is 5.69 Å². The molecule has 0 radical (unpaired) electrons. The molecule has 0 saturated carbocycles. The number of benzene rings is 2. The van der Waals surface area contributed by atoms with Gasteiger partial charge in [-0.2, -0.15) is 0 Å². The molecule has 152 valence electrons. The highest BCUT2D eigenvalue weighted by atomic mass is 35.5. The van der Waals surface area contributed by atoms with E-state index in [0.717, 1.165) is 10.1 Å². The Hall–Kier alpha value is -3.58. The van der Waals surface area contributed by atoms with E-state index in [1.165, 1.54) is 6.07 Å². The standard InChI is InChI=1S/C22H18ClN3O4/c1-13-4-3-5-15(8-13)22(28)25-18-10-16(23)6-7-19(18)29-12-17-11-21(27)26-20(24-17)9-14(2)30-26/h3-11H,12H2,1-2H3,(H,25,28). The topological polar surface area (TPSA) is 85.8 Å². The second-order valence-corrected chi connectivity index (χ2v) is 7.27. The number of carbonyl (C=O) groups excluding carboxylic acids is 1. The molecule has 0 unspecified atom stereocenters. The van der Waals surface area contributed by atoms with Crippen LogP contribution in [0.5, 0.6) is 5.75 Å². The van der Waals surface area contributed by atoms with Crippen molar-refractivity contribution in [3.63, 3.8) is 0 Å². The molecule has 0 aliphatic heterocycles. The Morgan fingerprint density at radius 3 is 2.80 bits per heavy atom. The maximum atomic E-state index is 12.6. The summed E-state index contributed by atoms with van der Waals surface area (Å²) in [5.41, 5.74) is 2.43. The first-order chi connectivity index (χ1) is 14.4. The number of hydrogen-bond acceptors (Lipinski definition) is 5. The third-order valence-corrected chi connectivity index (χ3v) is 4.60. The summed E-state index contributed by atoms with van der Waals surface area (Å²) in [5, 5.41) is 3.28. The second-order valence-electron chi connectivity index (χ2n) is 6.84. The van der Waals surface area contributed by atoms with Crippen molar-refractivity contribution in [3.8, 4) is 5.75 Å². The molecule has 7 nitrogen and oxygen atoms in total. The van der Waals surface area contributed by atoms with Crippen molar-refractivity contribution < 1.29 is 14.1 Å². The van der Waals surface area contributed by atoms with Gasteiger partial charge >= 0.3 is 0 Å². The van der Waals surface area contributed by atoms with Crippen molar-refractivity contribution in [2.45, 2.75) is 20.5 Å². The summed E-state index contributed by atoms with van der Waals surface area (Å²) in [5.74, 6) is 0.708. The molecule has 2 heterocycles. The van der Waals surface area contributed by atoms with Gasteiger partial charge in [-0.3, -0.25) is 9.59 Å². The number of hydrogen-bond donors (Lipinski definition) is 1. The molecule has 0 bridgehead atoms. The highest BCUT2D eigenvalue weighted by Crippen LogP contribution is 2.29. The van der Waals surface area contributed by atoms with Gasteiger partial charge < -0.3 is 14.6 Å². The molecule has 4 rings (SSSR count). The van der Waals surface area contributed by atoms with E-state index in [0.29, 0.717) is 39.1 Å². The minimum absolute atomic E-state index is 0.0327. The Balaban J connectivity index is 1.56. The lowest BCUT2D eigenvalue weighted by Crippen LogP contribution is -2.15. The lowest BCUT2D eigenvalue weighted by atomic mass is 10.1. The van der Waals surface area contributed by atoms with Crippen molar-refractivity contribution in [2.75, 3.05) is 5.32 Å². The highest BCUT2D eigenvalue weighted by Gasteiger charge is 2.13. The van der Waals surface area contributed by atoms with Gasteiger partial charge in [0.1, 0.15) is 18.1 Å². The summed E-state index contributed by atoms with van der Waals surface area (Å²) >= 11 is 6.10. The van der Waals surface area contributed by atoms with Crippen LogP contribution in [0.25, 0.3) is 5.65 Å². The van der Waals surface area contributed by atoms with E-state index in [1.807, 2.05) is 19.1 Å². The van der Waals surface area contributed by atoms with Crippen LogP contribution in [0.3, 0.4) is 0 Å². The maximum Gasteiger partial charge on any atom is 0.287 e. The fourth-order valence-corrected chi connectivity index (χ4v) is 3.18. The number of amides is 1. The normalized spacial score (nSPS) is 10.9. The molecule has 0 fully saturated rings. The van der Waals surface area contributed by atoms with Crippen LogP contribution in [-0.2, 0) is 6.61 Å². The third kappa shape index (κ3) is 4.21. The molecule has 2 aromatic carbocycles. The van der Waals surface area contributed by atoms with Gasteiger partial charge in [0.25, 0.3) is 11.5 Å². The van der Waals surface area contributed by atoms with Crippen molar-refractivity contribution in [3.05, 3.63) is 92.6 Å². The Kier molecular flexibility index (Phi) is 5.29. The molecule has 1 N–H and O–H groups in total. The number of aromatic nitrogens is 2. The van der Waals surface area contributed by atoms with E-state index in [2.05, 4.69) is 10.3 Å².